The van der Waals surface area contributed by atoms with E-state index in [4.69, 9.17) is 0 Å². The average Bonchev–Trinajstić information content (AvgIpc) is 2.16. The first-order valence-electron chi connectivity index (χ1n) is 6.16. The predicted molar refractivity (Wildman–Crippen MR) is 60.6 cm³/mol. The molecule has 2 N–H and O–H groups in total. The Bertz CT molecular complexity index is 240. The van der Waals surface area contributed by atoms with Crippen molar-refractivity contribution in [3.05, 3.63) is 0 Å². The molecule has 2 aliphatic rings. The highest BCUT2D eigenvalue weighted by Crippen LogP contribution is 2.27. The van der Waals surface area contributed by atoms with E-state index in [0.717, 1.165) is 38.1 Å². The summed E-state index contributed by atoms with van der Waals surface area (Å²) in [4.78, 5) is 12.1. The number of nitrogens with one attached hydrogen (secondary N) is 2. The van der Waals surface area contributed by atoms with E-state index < -0.39 is 0 Å². The first-order chi connectivity index (χ1) is 7.10. The summed E-state index contributed by atoms with van der Waals surface area (Å²) in [5.74, 6) is 1.00. The van der Waals surface area contributed by atoms with Crippen molar-refractivity contribution in [2.24, 2.45) is 5.92 Å². The molecule has 3 nitrogen and oxygen atoms in total. The van der Waals surface area contributed by atoms with Gasteiger partial charge in [0.1, 0.15) is 0 Å². The second-order valence-corrected chi connectivity index (χ2v) is 5.46. The van der Waals surface area contributed by atoms with Gasteiger partial charge in [0, 0.05) is 6.04 Å². The van der Waals surface area contributed by atoms with Crippen LogP contribution in [-0.4, -0.2) is 24.0 Å². The zero-order valence-corrected chi connectivity index (χ0v) is 9.81. The number of carbonyl (C=O) groups is 1. The van der Waals surface area contributed by atoms with E-state index in [0.29, 0.717) is 6.04 Å². The molecule has 0 bridgehead atoms. The summed E-state index contributed by atoms with van der Waals surface area (Å²) in [7, 11) is 0. The zero-order chi connectivity index (χ0) is 10.9. The Morgan fingerprint density at radius 3 is 2.67 bits per heavy atom. The zero-order valence-electron chi connectivity index (χ0n) is 9.81. The third-order valence-corrected chi connectivity index (χ3v) is 3.83. The molecule has 0 aromatic carbocycles. The third-order valence-electron chi connectivity index (χ3n) is 3.83. The smallest absolute Gasteiger partial charge is 0.240 e. The molecule has 0 radical (unpaired) electrons. The summed E-state index contributed by atoms with van der Waals surface area (Å²) in [6, 6.07) is 0.438. The van der Waals surface area contributed by atoms with Gasteiger partial charge in [-0.05, 0) is 51.5 Å². The van der Waals surface area contributed by atoms with Gasteiger partial charge in [0.05, 0.1) is 5.54 Å². The fourth-order valence-corrected chi connectivity index (χ4v) is 2.61. The van der Waals surface area contributed by atoms with Crippen LogP contribution in [-0.2, 0) is 4.79 Å². The van der Waals surface area contributed by atoms with E-state index >= 15 is 0 Å². The largest absolute Gasteiger partial charge is 0.352 e. The normalized spacial score (nSPS) is 40.7. The minimum Gasteiger partial charge on any atom is -0.352 e. The van der Waals surface area contributed by atoms with Gasteiger partial charge in [0.25, 0.3) is 0 Å². The lowest BCUT2D eigenvalue weighted by atomic mass is 9.81. The number of rotatable bonds is 2. The van der Waals surface area contributed by atoms with Crippen molar-refractivity contribution in [3.8, 4) is 0 Å². The highest BCUT2D eigenvalue weighted by atomic mass is 16.2. The highest BCUT2D eigenvalue weighted by Gasteiger charge is 2.37. The minimum atomic E-state index is -0.308. The molecule has 0 spiro atoms. The van der Waals surface area contributed by atoms with Gasteiger partial charge in [0.15, 0.2) is 0 Å². The summed E-state index contributed by atoms with van der Waals surface area (Å²) in [6.45, 7) is 5.25. The SMILES string of the molecule is CC1CC(NC(=O)C2(C)CCCCN2)C1. The summed E-state index contributed by atoms with van der Waals surface area (Å²) in [6.07, 6.45) is 5.64. The Kier molecular flexibility index (Phi) is 3.01. The number of hydrogen-bond acceptors (Lipinski definition) is 2. The van der Waals surface area contributed by atoms with Gasteiger partial charge in [-0.15, -0.1) is 0 Å². The van der Waals surface area contributed by atoms with E-state index in [1.807, 2.05) is 6.92 Å². The second kappa shape index (κ2) is 4.12. The summed E-state index contributed by atoms with van der Waals surface area (Å²) in [5, 5.41) is 6.50. The van der Waals surface area contributed by atoms with Crippen molar-refractivity contribution in [1.82, 2.24) is 10.6 Å². The molecular weight excluding hydrogens is 188 g/mol. The maximum absolute atomic E-state index is 12.1. The van der Waals surface area contributed by atoms with Gasteiger partial charge in [-0.3, -0.25) is 4.79 Å². The van der Waals surface area contributed by atoms with Crippen LogP contribution in [0, 0.1) is 5.92 Å². The van der Waals surface area contributed by atoms with Gasteiger partial charge in [-0.1, -0.05) is 6.92 Å². The first kappa shape index (κ1) is 10.9. The van der Waals surface area contributed by atoms with Gasteiger partial charge in [0.2, 0.25) is 5.91 Å². The van der Waals surface area contributed by atoms with E-state index in [-0.39, 0.29) is 11.4 Å². The fourth-order valence-electron chi connectivity index (χ4n) is 2.61. The van der Waals surface area contributed by atoms with E-state index in [1.54, 1.807) is 0 Å². The molecule has 86 valence electrons. The third kappa shape index (κ3) is 2.33. The quantitative estimate of drug-likeness (QED) is 0.724. The molecule has 1 unspecified atom stereocenters. The van der Waals surface area contributed by atoms with Crippen molar-refractivity contribution in [2.75, 3.05) is 6.54 Å². The molecule has 0 aromatic rings. The molecule has 0 aromatic heterocycles. The van der Waals surface area contributed by atoms with Crippen molar-refractivity contribution in [3.63, 3.8) is 0 Å². The molecular formula is C12H22N2O. The van der Waals surface area contributed by atoms with Crippen LogP contribution in [0.2, 0.25) is 0 Å². The minimum absolute atomic E-state index is 0.208. The maximum atomic E-state index is 12.1. The van der Waals surface area contributed by atoms with Crippen molar-refractivity contribution >= 4 is 5.91 Å². The number of amides is 1. The molecule has 1 aliphatic carbocycles. The number of hydrogen-bond donors (Lipinski definition) is 2. The molecule has 15 heavy (non-hydrogen) atoms. The van der Waals surface area contributed by atoms with Crippen LogP contribution in [0.1, 0.15) is 46.0 Å². The van der Waals surface area contributed by atoms with Crippen molar-refractivity contribution in [1.29, 1.82) is 0 Å². The molecule has 1 atom stereocenters. The van der Waals surface area contributed by atoms with Gasteiger partial charge in [-0.2, -0.15) is 0 Å². The standard InChI is InChI=1S/C12H22N2O/c1-9-7-10(8-9)14-11(15)12(2)5-3-4-6-13-12/h9-10,13H,3-8H2,1-2H3,(H,14,15). The van der Waals surface area contributed by atoms with Crippen LogP contribution in [0.4, 0.5) is 0 Å². The molecule has 2 rings (SSSR count). The van der Waals surface area contributed by atoms with Crippen LogP contribution in [0.25, 0.3) is 0 Å². The highest BCUT2D eigenvalue weighted by molar-refractivity contribution is 5.86. The molecule has 3 heteroatoms. The molecule has 1 saturated carbocycles. The van der Waals surface area contributed by atoms with Crippen LogP contribution in [0.5, 0.6) is 0 Å². The first-order valence-corrected chi connectivity index (χ1v) is 6.16. The second-order valence-electron chi connectivity index (χ2n) is 5.46. The Morgan fingerprint density at radius 1 is 1.40 bits per heavy atom. The monoisotopic (exact) mass is 210 g/mol. The van der Waals surface area contributed by atoms with Gasteiger partial charge >= 0.3 is 0 Å². The topological polar surface area (TPSA) is 41.1 Å². The van der Waals surface area contributed by atoms with Crippen LogP contribution < -0.4 is 10.6 Å². The maximum Gasteiger partial charge on any atom is 0.240 e. The molecule has 1 saturated heterocycles. The van der Waals surface area contributed by atoms with Crippen molar-refractivity contribution in [2.45, 2.75) is 57.5 Å². The summed E-state index contributed by atoms with van der Waals surface area (Å²) >= 11 is 0. The Morgan fingerprint density at radius 2 is 2.13 bits per heavy atom. The Labute approximate surface area is 92.0 Å². The Balaban J connectivity index is 1.83. The molecule has 1 aliphatic heterocycles. The van der Waals surface area contributed by atoms with Gasteiger partial charge in [-0.25, -0.2) is 0 Å². The predicted octanol–water partition coefficient (Wildman–Crippen LogP) is 1.43. The molecule has 1 heterocycles. The van der Waals surface area contributed by atoms with E-state index in [9.17, 15) is 4.79 Å². The average molecular weight is 210 g/mol. The lowest BCUT2D eigenvalue weighted by Gasteiger charge is -2.39. The lowest BCUT2D eigenvalue weighted by molar-refractivity contribution is -0.129. The van der Waals surface area contributed by atoms with Crippen molar-refractivity contribution < 1.29 is 4.79 Å². The van der Waals surface area contributed by atoms with E-state index in [2.05, 4.69) is 17.6 Å². The fraction of sp³-hybridized carbons (Fsp3) is 0.917. The Hall–Kier alpha value is -0.570. The lowest BCUT2D eigenvalue weighted by Crippen LogP contribution is -2.60. The molecule has 1 amide bonds. The van der Waals surface area contributed by atoms with E-state index in [1.165, 1.54) is 6.42 Å². The van der Waals surface area contributed by atoms with Crippen LogP contribution >= 0.6 is 0 Å². The number of piperidine rings is 1. The van der Waals surface area contributed by atoms with Crippen LogP contribution in [0.3, 0.4) is 0 Å². The number of carbonyl (C=O) groups excluding carboxylic acids is 1. The van der Waals surface area contributed by atoms with Gasteiger partial charge < -0.3 is 10.6 Å². The van der Waals surface area contributed by atoms with Crippen LogP contribution in [0.15, 0.2) is 0 Å². The summed E-state index contributed by atoms with van der Waals surface area (Å²) in [5.41, 5.74) is -0.308. The summed E-state index contributed by atoms with van der Waals surface area (Å²) < 4.78 is 0. The molecule has 2 fully saturated rings.